The van der Waals surface area contributed by atoms with Crippen LogP contribution in [0.15, 0.2) is 42.5 Å². The van der Waals surface area contributed by atoms with E-state index in [1.54, 1.807) is 43.3 Å². The van der Waals surface area contributed by atoms with Crippen molar-refractivity contribution >= 4 is 11.7 Å². The van der Waals surface area contributed by atoms with Gasteiger partial charge >= 0.3 is 5.97 Å². The number of carboxylic acid groups (broad SMARTS) is 1. The highest BCUT2D eigenvalue weighted by Gasteiger charge is 2.02. The molecule has 0 atom stereocenters. The highest BCUT2D eigenvalue weighted by atomic mass is 19.1. The molecular formula is C15H14FNO2. The van der Waals surface area contributed by atoms with Gasteiger partial charge in [-0.1, -0.05) is 12.1 Å². The molecule has 0 unspecified atom stereocenters. The number of halogens is 1. The summed E-state index contributed by atoms with van der Waals surface area (Å²) < 4.78 is 13.1. The SMILES string of the molecule is Cc1cc(NCc2ccc(C(=O)O)cc2)ccc1F. The number of rotatable bonds is 4. The first-order chi connectivity index (χ1) is 9.06. The zero-order chi connectivity index (χ0) is 13.8. The molecule has 0 radical (unpaired) electrons. The second kappa shape index (κ2) is 5.52. The van der Waals surface area contributed by atoms with Gasteiger partial charge < -0.3 is 10.4 Å². The molecule has 0 spiro atoms. The summed E-state index contributed by atoms with van der Waals surface area (Å²) in [5.41, 5.74) is 2.65. The number of aromatic carboxylic acids is 1. The molecule has 0 aromatic heterocycles. The topological polar surface area (TPSA) is 49.3 Å². The molecule has 0 saturated heterocycles. The largest absolute Gasteiger partial charge is 0.478 e. The molecule has 0 heterocycles. The van der Waals surface area contributed by atoms with Gasteiger partial charge in [0.2, 0.25) is 0 Å². The number of carboxylic acids is 1. The molecule has 0 bridgehead atoms. The van der Waals surface area contributed by atoms with E-state index in [0.29, 0.717) is 12.1 Å². The van der Waals surface area contributed by atoms with Crippen LogP contribution >= 0.6 is 0 Å². The van der Waals surface area contributed by atoms with Gasteiger partial charge in [-0.2, -0.15) is 0 Å². The molecule has 2 N–H and O–H groups in total. The minimum absolute atomic E-state index is 0.226. The molecule has 0 saturated carbocycles. The highest BCUT2D eigenvalue weighted by molar-refractivity contribution is 5.87. The Balaban J connectivity index is 2.01. The fourth-order valence-corrected chi connectivity index (χ4v) is 1.72. The number of carbonyl (C=O) groups is 1. The lowest BCUT2D eigenvalue weighted by Gasteiger charge is -2.08. The first-order valence-corrected chi connectivity index (χ1v) is 5.88. The fourth-order valence-electron chi connectivity index (χ4n) is 1.72. The van der Waals surface area contributed by atoms with E-state index in [0.717, 1.165) is 11.3 Å². The molecule has 2 aromatic rings. The predicted molar refractivity (Wildman–Crippen MR) is 71.9 cm³/mol. The number of anilines is 1. The average Bonchev–Trinajstić information content (AvgIpc) is 2.40. The number of nitrogens with one attached hydrogen (secondary N) is 1. The van der Waals surface area contributed by atoms with Crippen LogP contribution in [-0.4, -0.2) is 11.1 Å². The van der Waals surface area contributed by atoms with Crippen LogP contribution in [0.2, 0.25) is 0 Å². The Morgan fingerprint density at radius 2 is 1.89 bits per heavy atom. The Hall–Kier alpha value is -2.36. The van der Waals surface area contributed by atoms with Gasteiger partial charge in [-0.15, -0.1) is 0 Å². The third kappa shape index (κ3) is 3.31. The van der Waals surface area contributed by atoms with Crippen molar-refractivity contribution in [3.8, 4) is 0 Å². The minimum Gasteiger partial charge on any atom is -0.478 e. The molecule has 0 fully saturated rings. The van der Waals surface area contributed by atoms with Gasteiger partial charge in [0, 0.05) is 12.2 Å². The van der Waals surface area contributed by atoms with Crippen molar-refractivity contribution in [1.82, 2.24) is 0 Å². The maximum atomic E-state index is 13.1. The van der Waals surface area contributed by atoms with Crippen LogP contribution in [0.1, 0.15) is 21.5 Å². The molecule has 4 heteroatoms. The summed E-state index contributed by atoms with van der Waals surface area (Å²) in [6, 6.07) is 11.5. The van der Waals surface area contributed by atoms with Gasteiger partial charge in [-0.3, -0.25) is 0 Å². The van der Waals surface area contributed by atoms with E-state index >= 15 is 0 Å². The zero-order valence-corrected chi connectivity index (χ0v) is 10.5. The van der Waals surface area contributed by atoms with Crippen LogP contribution in [0.4, 0.5) is 10.1 Å². The average molecular weight is 259 g/mol. The van der Waals surface area contributed by atoms with Gasteiger partial charge in [0.15, 0.2) is 0 Å². The number of hydrogen-bond acceptors (Lipinski definition) is 2. The summed E-state index contributed by atoms with van der Waals surface area (Å²) in [6.07, 6.45) is 0. The second-order valence-corrected chi connectivity index (χ2v) is 4.32. The smallest absolute Gasteiger partial charge is 0.335 e. The summed E-state index contributed by atoms with van der Waals surface area (Å²) in [4.78, 5) is 10.7. The fraction of sp³-hybridized carbons (Fsp3) is 0.133. The summed E-state index contributed by atoms with van der Waals surface area (Å²) in [7, 11) is 0. The molecule has 19 heavy (non-hydrogen) atoms. The number of aryl methyl sites for hydroxylation is 1. The van der Waals surface area contributed by atoms with Crippen molar-refractivity contribution in [2.75, 3.05) is 5.32 Å². The van der Waals surface area contributed by atoms with Crippen molar-refractivity contribution in [3.05, 3.63) is 65.0 Å². The van der Waals surface area contributed by atoms with E-state index in [9.17, 15) is 9.18 Å². The lowest BCUT2D eigenvalue weighted by Crippen LogP contribution is -2.01. The van der Waals surface area contributed by atoms with Crippen LogP contribution in [0.3, 0.4) is 0 Å². The zero-order valence-electron chi connectivity index (χ0n) is 10.5. The Labute approximate surface area is 110 Å². The monoisotopic (exact) mass is 259 g/mol. The molecule has 0 aliphatic rings. The Morgan fingerprint density at radius 1 is 1.21 bits per heavy atom. The van der Waals surface area contributed by atoms with Crippen LogP contribution in [0.5, 0.6) is 0 Å². The van der Waals surface area contributed by atoms with Gasteiger partial charge in [0.1, 0.15) is 5.82 Å². The first kappa shape index (κ1) is 13.1. The Morgan fingerprint density at radius 3 is 2.47 bits per heavy atom. The Kier molecular flexibility index (Phi) is 3.80. The maximum Gasteiger partial charge on any atom is 0.335 e. The van der Waals surface area contributed by atoms with Crippen molar-refractivity contribution in [2.24, 2.45) is 0 Å². The van der Waals surface area contributed by atoms with Crippen LogP contribution in [0, 0.1) is 12.7 Å². The van der Waals surface area contributed by atoms with Gasteiger partial charge in [0.25, 0.3) is 0 Å². The van der Waals surface area contributed by atoms with E-state index in [-0.39, 0.29) is 11.4 Å². The molecule has 0 aliphatic heterocycles. The minimum atomic E-state index is -0.936. The molecule has 3 nitrogen and oxygen atoms in total. The molecule has 98 valence electrons. The van der Waals surface area contributed by atoms with Crippen LogP contribution < -0.4 is 5.32 Å². The van der Waals surface area contributed by atoms with Gasteiger partial charge in [0.05, 0.1) is 5.56 Å². The van der Waals surface area contributed by atoms with Crippen molar-refractivity contribution in [3.63, 3.8) is 0 Å². The maximum absolute atomic E-state index is 13.1. The van der Waals surface area contributed by atoms with Gasteiger partial charge in [-0.05, 0) is 48.4 Å². The predicted octanol–water partition coefficient (Wildman–Crippen LogP) is 3.44. The third-order valence-corrected chi connectivity index (χ3v) is 2.86. The normalized spacial score (nSPS) is 10.2. The second-order valence-electron chi connectivity index (χ2n) is 4.32. The summed E-state index contributed by atoms with van der Waals surface area (Å²) >= 11 is 0. The van der Waals surface area contributed by atoms with E-state index in [1.165, 1.54) is 6.07 Å². The van der Waals surface area contributed by atoms with E-state index in [1.807, 2.05) is 0 Å². The summed E-state index contributed by atoms with van der Waals surface area (Å²) in [6.45, 7) is 2.27. The molecule has 0 amide bonds. The van der Waals surface area contributed by atoms with Gasteiger partial charge in [-0.25, -0.2) is 9.18 Å². The quantitative estimate of drug-likeness (QED) is 0.884. The van der Waals surface area contributed by atoms with E-state index in [2.05, 4.69) is 5.32 Å². The highest BCUT2D eigenvalue weighted by Crippen LogP contribution is 2.15. The number of benzene rings is 2. The molecular weight excluding hydrogens is 245 g/mol. The van der Waals surface area contributed by atoms with E-state index in [4.69, 9.17) is 5.11 Å². The van der Waals surface area contributed by atoms with Crippen LogP contribution in [0.25, 0.3) is 0 Å². The Bertz CT molecular complexity index is 594. The summed E-state index contributed by atoms with van der Waals surface area (Å²) in [5, 5.41) is 12.0. The lowest BCUT2D eigenvalue weighted by molar-refractivity contribution is 0.0697. The molecule has 0 aliphatic carbocycles. The first-order valence-electron chi connectivity index (χ1n) is 5.88. The van der Waals surface area contributed by atoms with Crippen molar-refractivity contribution in [1.29, 1.82) is 0 Å². The van der Waals surface area contributed by atoms with Crippen molar-refractivity contribution < 1.29 is 14.3 Å². The third-order valence-electron chi connectivity index (χ3n) is 2.86. The number of hydrogen-bond donors (Lipinski definition) is 2. The molecule has 2 aromatic carbocycles. The van der Waals surface area contributed by atoms with E-state index < -0.39 is 5.97 Å². The summed E-state index contributed by atoms with van der Waals surface area (Å²) in [5.74, 6) is -1.16. The standard InChI is InChI=1S/C15H14FNO2/c1-10-8-13(6-7-14(10)16)17-9-11-2-4-12(5-3-11)15(18)19/h2-8,17H,9H2,1H3,(H,18,19). The van der Waals surface area contributed by atoms with Crippen molar-refractivity contribution in [2.45, 2.75) is 13.5 Å². The lowest BCUT2D eigenvalue weighted by atomic mass is 10.1. The molecule has 2 rings (SSSR count). The van der Waals surface area contributed by atoms with Crippen LogP contribution in [-0.2, 0) is 6.54 Å².